The smallest absolute Gasteiger partial charge is 0.362 e. The van der Waals surface area contributed by atoms with Crippen LogP contribution in [-0.2, 0) is 13.6 Å². The van der Waals surface area contributed by atoms with Crippen LogP contribution in [0, 0.1) is 0 Å². The van der Waals surface area contributed by atoms with Crippen LogP contribution in [0.3, 0.4) is 0 Å². The van der Waals surface area contributed by atoms with Gasteiger partial charge < -0.3 is 14.2 Å². The van der Waals surface area contributed by atoms with Crippen LogP contribution in [0.25, 0.3) is 0 Å². The maximum Gasteiger partial charge on any atom is 0.362 e. The quantitative estimate of drug-likeness (QED) is 0.769. The lowest BCUT2D eigenvalue weighted by atomic mass is 9.97. The second-order valence-electron chi connectivity index (χ2n) is 5.35. The average molecular weight is 264 g/mol. The maximum atomic E-state index is 12.8. The first kappa shape index (κ1) is 15.2. The van der Waals surface area contributed by atoms with Crippen molar-refractivity contribution in [3.8, 4) is 0 Å². The Hall–Kier alpha value is 0.110. The van der Waals surface area contributed by atoms with Gasteiger partial charge in [0.05, 0.1) is 12.2 Å². The van der Waals surface area contributed by atoms with Gasteiger partial charge >= 0.3 is 7.60 Å². The van der Waals surface area contributed by atoms with Crippen LogP contribution in [0.5, 0.6) is 0 Å². The molecule has 4 nitrogen and oxygen atoms in total. The van der Waals surface area contributed by atoms with E-state index in [1.807, 2.05) is 27.7 Å². The average Bonchev–Trinajstić information content (AvgIpc) is 2.15. The fourth-order valence-electron chi connectivity index (χ4n) is 2.17. The van der Waals surface area contributed by atoms with Crippen molar-refractivity contribution in [2.24, 2.45) is 0 Å². The molecule has 0 amide bonds. The zero-order valence-electron chi connectivity index (χ0n) is 11.3. The normalized spacial score (nSPS) is 21.1. The summed E-state index contributed by atoms with van der Waals surface area (Å²) >= 11 is 0. The molecule has 1 fully saturated rings. The third-order valence-corrected chi connectivity index (χ3v) is 5.73. The Morgan fingerprint density at radius 1 is 1.00 bits per heavy atom. The van der Waals surface area contributed by atoms with Crippen molar-refractivity contribution in [3.05, 3.63) is 0 Å². The summed E-state index contributed by atoms with van der Waals surface area (Å²) in [5, 5.41) is 9.28. The van der Waals surface area contributed by atoms with Crippen LogP contribution in [0.4, 0.5) is 0 Å². The monoisotopic (exact) mass is 264 g/mol. The second kappa shape index (κ2) is 5.83. The molecule has 1 N–H and O–H groups in total. The van der Waals surface area contributed by atoms with Gasteiger partial charge in [-0.1, -0.05) is 6.42 Å². The minimum absolute atomic E-state index is 0.217. The molecule has 0 aliphatic heterocycles. The summed E-state index contributed by atoms with van der Waals surface area (Å²) in [6, 6.07) is 0. The minimum Gasteiger partial charge on any atom is -0.377 e. The van der Waals surface area contributed by atoms with E-state index in [9.17, 15) is 9.67 Å². The molecule has 0 heterocycles. The van der Waals surface area contributed by atoms with E-state index in [2.05, 4.69) is 0 Å². The SMILES string of the molecule is CC(C)OP(=O)(OC(C)C)C1(O)CCCCC1. The van der Waals surface area contributed by atoms with Crippen molar-refractivity contribution in [1.82, 2.24) is 0 Å². The van der Waals surface area contributed by atoms with Gasteiger partial charge in [0.15, 0.2) is 5.34 Å². The molecule has 0 bridgehead atoms. The van der Waals surface area contributed by atoms with Crippen LogP contribution in [-0.4, -0.2) is 22.7 Å². The number of rotatable bonds is 5. The lowest BCUT2D eigenvalue weighted by Crippen LogP contribution is -2.34. The van der Waals surface area contributed by atoms with E-state index in [1.54, 1.807) is 0 Å². The van der Waals surface area contributed by atoms with Gasteiger partial charge in [-0.15, -0.1) is 0 Å². The highest BCUT2D eigenvalue weighted by Crippen LogP contribution is 2.64. The first-order valence-corrected chi connectivity index (χ1v) is 8.03. The Bertz CT molecular complexity index is 268. The number of hydrogen-bond acceptors (Lipinski definition) is 4. The van der Waals surface area contributed by atoms with Gasteiger partial charge in [0.1, 0.15) is 0 Å². The predicted octanol–water partition coefficient (Wildman–Crippen LogP) is 3.68. The topological polar surface area (TPSA) is 55.8 Å². The van der Waals surface area contributed by atoms with E-state index < -0.39 is 12.9 Å². The fourth-order valence-corrected chi connectivity index (χ4v) is 4.58. The van der Waals surface area contributed by atoms with Crippen molar-refractivity contribution < 1.29 is 18.7 Å². The van der Waals surface area contributed by atoms with Crippen LogP contribution >= 0.6 is 7.60 Å². The molecule has 1 rings (SSSR count). The van der Waals surface area contributed by atoms with Crippen molar-refractivity contribution in [2.75, 3.05) is 0 Å². The van der Waals surface area contributed by atoms with Gasteiger partial charge in [0.2, 0.25) is 0 Å². The highest BCUT2D eigenvalue weighted by atomic mass is 31.2. The van der Waals surface area contributed by atoms with Gasteiger partial charge in [-0.25, -0.2) is 0 Å². The molecule has 0 saturated heterocycles. The molecule has 0 spiro atoms. The molecule has 1 saturated carbocycles. The molecule has 0 aromatic rings. The van der Waals surface area contributed by atoms with Crippen LogP contribution in [0.1, 0.15) is 59.8 Å². The Labute approximate surface area is 104 Å². The molecule has 0 atom stereocenters. The van der Waals surface area contributed by atoms with Gasteiger partial charge in [-0.3, -0.25) is 4.57 Å². The maximum absolute atomic E-state index is 12.8. The van der Waals surface area contributed by atoms with E-state index in [1.165, 1.54) is 0 Å². The summed E-state index contributed by atoms with van der Waals surface area (Å²) < 4.78 is 23.8. The fraction of sp³-hybridized carbons (Fsp3) is 1.00. The molecule has 1 aliphatic carbocycles. The molecule has 0 unspecified atom stereocenters. The van der Waals surface area contributed by atoms with Crippen molar-refractivity contribution in [1.29, 1.82) is 0 Å². The molecule has 0 aromatic heterocycles. The lowest BCUT2D eigenvalue weighted by Gasteiger charge is -2.39. The van der Waals surface area contributed by atoms with E-state index in [0.29, 0.717) is 12.8 Å². The molecular formula is C12H25O4P. The first-order chi connectivity index (χ1) is 7.79. The molecular weight excluding hydrogens is 239 g/mol. The second-order valence-corrected chi connectivity index (χ2v) is 7.60. The molecule has 17 heavy (non-hydrogen) atoms. The summed E-state index contributed by atoms with van der Waals surface area (Å²) in [4.78, 5) is 0. The molecule has 0 aromatic carbocycles. The van der Waals surface area contributed by atoms with E-state index in [0.717, 1.165) is 19.3 Å². The summed E-state index contributed by atoms with van der Waals surface area (Å²) in [6.45, 7) is 7.23. The summed E-state index contributed by atoms with van der Waals surface area (Å²) in [5.41, 5.74) is 0. The largest absolute Gasteiger partial charge is 0.377 e. The van der Waals surface area contributed by atoms with E-state index in [-0.39, 0.29) is 12.2 Å². The summed E-state index contributed by atoms with van der Waals surface area (Å²) in [6.07, 6.45) is 3.40. The van der Waals surface area contributed by atoms with E-state index in [4.69, 9.17) is 9.05 Å². The Morgan fingerprint density at radius 3 is 1.76 bits per heavy atom. The Balaban J connectivity index is 2.91. The van der Waals surface area contributed by atoms with Crippen LogP contribution in [0.15, 0.2) is 0 Å². The van der Waals surface area contributed by atoms with Crippen LogP contribution in [0.2, 0.25) is 0 Å². The number of aliphatic hydroxyl groups is 1. The summed E-state index contributed by atoms with van der Waals surface area (Å²) in [5.74, 6) is 0. The summed E-state index contributed by atoms with van der Waals surface area (Å²) in [7, 11) is -3.46. The molecule has 102 valence electrons. The third kappa shape index (κ3) is 3.78. The zero-order chi connectivity index (χ0) is 13.1. The molecule has 5 heteroatoms. The first-order valence-electron chi connectivity index (χ1n) is 6.48. The van der Waals surface area contributed by atoms with Crippen molar-refractivity contribution in [2.45, 2.75) is 77.3 Å². The van der Waals surface area contributed by atoms with Gasteiger partial charge in [-0.2, -0.15) is 0 Å². The lowest BCUT2D eigenvalue weighted by molar-refractivity contribution is 0.0206. The van der Waals surface area contributed by atoms with Crippen molar-refractivity contribution >= 4 is 7.60 Å². The van der Waals surface area contributed by atoms with E-state index >= 15 is 0 Å². The molecule has 0 radical (unpaired) electrons. The number of hydrogen-bond donors (Lipinski definition) is 1. The highest BCUT2D eigenvalue weighted by Gasteiger charge is 2.51. The standard InChI is InChI=1S/C12H25O4P/c1-10(2)15-17(14,16-11(3)4)12(13)8-6-5-7-9-12/h10-11,13H,5-9H2,1-4H3. The zero-order valence-corrected chi connectivity index (χ0v) is 12.2. The van der Waals surface area contributed by atoms with Crippen molar-refractivity contribution in [3.63, 3.8) is 0 Å². The third-order valence-electron chi connectivity index (χ3n) is 2.86. The van der Waals surface area contributed by atoms with Crippen LogP contribution < -0.4 is 0 Å². The van der Waals surface area contributed by atoms with Gasteiger partial charge in [0.25, 0.3) is 0 Å². The predicted molar refractivity (Wildman–Crippen MR) is 68.1 cm³/mol. The Kier molecular flexibility index (Phi) is 5.21. The highest BCUT2D eigenvalue weighted by molar-refractivity contribution is 7.55. The van der Waals surface area contributed by atoms with Gasteiger partial charge in [-0.05, 0) is 53.4 Å². The Morgan fingerprint density at radius 2 is 1.41 bits per heavy atom. The molecule has 1 aliphatic rings. The minimum atomic E-state index is -3.46. The van der Waals surface area contributed by atoms with Gasteiger partial charge in [0, 0.05) is 0 Å².